The smallest absolute Gasteiger partial charge is 0.340 e. The molecule has 4 rings (SSSR count). The van der Waals surface area contributed by atoms with Crippen molar-refractivity contribution < 1.29 is 22.2 Å². The summed E-state index contributed by atoms with van der Waals surface area (Å²) in [6, 6.07) is 9.36. The highest BCUT2D eigenvalue weighted by atomic mass is 35.5. The molecule has 2 aromatic heterocycles. The van der Waals surface area contributed by atoms with Crippen LogP contribution in [-0.2, 0) is 19.1 Å². The number of hydrogen-bond acceptors (Lipinski definition) is 10. The molecular formula is C24H20ClN7O5S. The number of nitrogens with zero attached hydrogens (tertiary/aromatic N) is 5. The number of rotatable bonds is 6. The van der Waals surface area contributed by atoms with Crippen molar-refractivity contribution in [3.8, 4) is 6.07 Å². The lowest BCUT2D eigenvalue weighted by Crippen LogP contribution is -2.39. The lowest BCUT2D eigenvalue weighted by molar-refractivity contribution is -0.117. The number of benzene rings is 1. The summed E-state index contributed by atoms with van der Waals surface area (Å²) in [5.74, 6) is -1.34. The molecular weight excluding hydrogens is 534 g/mol. The van der Waals surface area contributed by atoms with E-state index in [0.29, 0.717) is 5.56 Å². The van der Waals surface area contributed by atoms with E-state index in [-0.39, 0.29) is 44.9 Å². The Hall–Kier alpha value is -4.54. The number of amides is 2. The largest absolute Gasteiger partial charge is 0.361 e. The van der Waals surface area contributed by atoms with Crippen LogP contribution >= 0.6 is 11.6 Å². The van der Waals surface area contributed by atoms with Gasteiger partial charge in [-0.1, -0.05) is 11.6 Å². The number of carbonyl (C=O) groups is 2. The van der Waals surface area contributed by atoms with Crippen LogP contribution in [0.4, 0.5) is 11.5 Å². The van der Waals surface area contributed by atoms with Crippen LogP contribution in [-0.4, -0.2) is 49.2 Å². The zero-order valence-electron chi connectivity index (χ0n) is 20.0. The normalized spacial score (nSPS) is 14.8. The number of pyridine rings is 2. The van der Waals surface area contributed by atoms with Gasteiger partial charge in [0.05, 0.1) is 34.3 Å². The third-order valence-electron chi connectivity index (χ3n) is 5.47. The molecule has 2 amide bonds. The van der Waals surface area contributed by atoms with Crippen LogP contribution in [0.1, 0.15) is 27.9 Å². The predicted octanol–water partition coefficient (Wildman–Crippen LogP) is 2.61. The fourth-order valence-corrected chi connectivity index (χ4v) is 4.81. The Morgan fingerprint density at radius 1 is 1.21 bits per heavy atom. The minimum atomic E-state index is -4.27. The Bertz CT molecular complexity index is 1590. The zero-order chi connectivity index (χ0) is 27.4. The Balaban J connectivity index is 1.69. The van der Waals surface area contributed by atoms with Gasteiger partial charge in [-0.25, -0.2) is 9.99 Å². The molecule has 0 aliphatic carbocycles. The Kier molecular flexibility index (Phi) is 7.56. The maximum absolute atomic E-state index is 13.6. The second-order valence-electron chi connectivity index (χ2n) is 7.98. The Morgan fingerprint density at radius 3 is 2.61 bits per heavy atom. The molecule has 14 heteroatoms. The molecule has 0 fully saturated rings. The van der Waals surface area contributed by atoms with Gasteiger partial charge in [0.15, 0.2) is 5.82 Å². The van der Waals surface area contributed by atoms with Crippen molar-refractivity contribution in [1.29, 1.82) is 5.26 Å². The topological polar surface area (TPSA) is 167 Å². The van der Waals surface area contributed by atoms with E-state index in [9.17, 15) is 23.3 Å². The molecule has 0 radical (unpaired) electrons. The fourth-order valence-electron chi connectivity index (χ4n) is 3.70. The molecule has 12 nitrogen and oxygen atoms in total. The van der Waals surface area contributed by atoms with E-state index in [2.05, 4.69) is 25.7 Å². The first-order chi connectivity index (χ1) is 18.1. The second-order valence-corrected chi connectivity index (χ2v) is 9.94. The first kappa shape index (κ1) is 26.5. The van der Waals surface area contributed by atoms with E-state index in [1.165, 1.54) is 56.0 Å². The van der Waals surface area contributed by atoms with E-state index < -0.39 is 28.0 Å². The summed E-state index contributed by atoms with van der Waals surface area (Å²) in [6.45, 7) is 1.64. The maximum Gasteiger partial charge on any atom is 0.340 e. The van der Waals surface area contributed by atoms with Crippen molar-refractivity contribution >= 4 is 50.9 Å². The summed E-state index contributed by atoms with van der Waals surface area (Å²) >= 11 is 6.30. The second kappa shape index (κ2) is 10.8. The third kappa shape index (κ3) is 5.41. The number of halogens is 1. The van der Waals surface area contributed by atoms with Crippen molar-refractivity contribution in [3.63, 3.8) is 0 Å². The SMILES string of the molecule is CNC(=O)c1cc(C#N)cc(C)c1NC(=O)C1CC(OS(=O)(=O)c2ccncc2)=NN1c1ncccc1Cl. The van der Waals surface area contributed by atoms with Gasteiger partial charge in [0.2, 0.25) is 11.8 Å². The molecule has 1 aromatic carbocycles. The summed E-state index contributed by atoms with van der Waals surface area (Å²) in [7, 11) is -2.85. The summed E-state index contributed by atoms with van der Waals surface area (Å²) in [6.07, 6.45) is 3.78. The number of anilines is 2. The molecule has 1 aliphatic heterocycles. The molecule has 0 spiro atoms. The van der Waals surface area contributed by atoms with Gasteiger partial charge in [0, 0.05) is 25.6 Å². The molecule has 1 aliphatic rings. The van der Waals surface area contributed by atoms with Gasteiger partial charge in [0.25, 0.3) is 5.91 Å². The number of aromatic nitrogens is 2. The third-order valence-corrected chi connectivity index (χ3v) is 7.03. The lowest BCUT2D eigenvalue weighted by atomic mass is 10.0. The van der Waals surface area contributed by atoms with E-state index in [0.717, 1.165) is 5.01 Å². The lowest BCUT2D eigenvalue weighted by Gasteiger charge is -2.23. The molecule has 194 valence electrons. The van der Waals surface area contributed by atoms with Gasteiger partial charge < -0.3 is 14.8 Å². The summed E-state index contributed by atoms with van der Waals surface area (Å²) in [4.78, 5) is 33.9. The Morgan fingerprint density at radius 2 is 1.95 bits per heavy atom. The number of aryl methyl sites for hydroxylation is 1. The highest BCUT2D eigenvalue weighted by Gasteiger charge is 2.39. The highest BCUT2D eigenvalue weighted by Crippen LogP contribution is 2.32. The minimum Gasteiger partial charge on any atom is -0.361 e. The number of hydrogen-bond donors (Lipinski definition) is 2. The van der Waals surface area contributed by atoms with Crippen molar-refractivity contribution in [2.45, 2.75) is 24.3 Å². The molecule has 1 unspecified atom stereocenters. The summed E-state index contributed by atoms with van der Waals surface area (Å²) < 4.78 is 30.8. The van der Waals surface area contributed by atoms with E-state index in [4.69, 9.17) is 15.8 Å². The van der Waals surface area contributed by atoms with Gasteiger partial charge in [0.1, 0.15) is 10.9 Å². The average molecular weight is 554 g/mol. The van der Waals surface area contributed by atoms with Gasteiger partial charge >= 0.3 is 10.1 Å². The number of nitrogens with one attached hydrogen (secondary N) is 2. The van der Waals surface area contributed by atoms with Crippen molar-refractivity contribution in [1.82, 2.24) is 15.3 Å². The first-order valence-corrected chi connectivity index (χ1v) is 12.8. The van der Waals surface area contributed by atoms with Gasteiger partial charge in [-0.3, -0.25) is 14.6 Å². The average Bonchev–Trinajstić information content (AvgIpc) is 3.32. The van der Waals surface area contributed by atoms with Crippen LogP contribution < -0.4 is 15.6 Å². The van der Waals surface area contributed by atoms with Crippen LogP contribution in [0, 0.1) is 18.3 Å². The molecule has 2 N–H and O–H groups in total. The first-order valence-electron chi connectivity index (χ1n) is 11.0. The van der Waals surface area contributed by atoms with E-state index in [1.807, 2.05) is 6.07 Å². The van der Waals surface area contributed by atoms with Gasteiger partial charge in [-0.15, -0.1) is 5.10 Å². The molecule has 0 bridgehead atoms. The summed E-state index contributed by atoms with van der Waals surface area (Å²) in [5, 5.41) is 20.0. The molecule has 3 heterocycles. The van der Waals surface area contributed by atoms with Gasteiger partial charge in [-0.2, -0.15) is 13.7 Å². The number of hydrazone groups is 1. The monoisotopic (exact) mass is 553 g/mol. The van der Waals surface area contributed by atoms with Crippen molar-refractivity contribution in [3.05, 3.63) is 76.7 Å². The van der Waals surface area contributed by atoms with Crippen LogP contribution in [0.15, 0.2) is 65.0 Å². The van der Waals surface area contributed by atoms with E-state index in [1.54, 1.807) is 13.0 Å². The van der Waals surface area contributed by atoms with Crippen LogP contribution in [0.5, 0.6) is 0 Å². The van der Waals surface area contributed by atoms with Crippen LogP contribution in [0.25, 0.3) is 0 Å². The zero-order valence-corrected chi connectivity index (χ0v) is 21.6. The van der Waals surface area contributed by atoms with E-state index >= 15 is 0 Å². The minimum absolute atomic E-state index is 0.0791. The predicted molar refractivity (Wildman–Crippen MR) is 138 cm³/mol. The maximum atomic E-state index is 13.6. The Labute approximate surface area is 223 Å². The fraction of sp³-hybridized carbons (Fsp3) is 0.167. The van der Waals surface area contributed by atoms with Crippen LogP contribution in [0.3, 0.4) is 0 Å². The summed E-state index contributed by atoms with van der Waals surface area (Å²) in [5.41, 5.74) is 0.964. The standard InChI is InChI=1S/C24H20ClN7O5S/c1-14-10-15(13-26)11-17(23(33)27-2)21(14)30-24(34)19-12-20(31-32(19)22-18(25)4-3-7-29-22)37-38(35,36)16-5-8-28-9-6-16/h3-11,19H,12H2,1-2H3,(H,27,33)(H,30,34). The molecule has 3 aromatic rings. The molecule has 0 saturated heterocycles. The number of nitriles is 1. The van der Waals surface area contributed by atoms with Crippen molar-refractivity contribution in [2.24, 2.45) is 5.10 Å². The van der Waals surface area contributed by atoms with Gasteiger partial charge in [-0.05, 0) is 48.9 Å². The molecule has 38 heavy (non-hydrogen) atoms. The van der Waals surface area contributed by atoms with Crippen LogP contribution in [0.2, 0.25) is 5.02 Å². The van der Waals surface area contributed by atoms with Crippen molar-refractivity contribution in [2.75, 3.05) is 17.4 Å². The molecule has 1 atom stereocenters. The highest BCUT2D eigenvalue weighted by molar-refractivity contribution is 7.87. The number of carbonyl (C=O) groups excluding carboxylic acids is 2. The molecule has 0 saturated carbocycles. The quantitative estimate of drug-likeness (QED) is 0.436.